The first-order chi connectivity index (χ1) is 8.49. The van der Waals surface area contributed by atoms with Gasteiger partial charge in [0.15, 0.2) is 0 Å². The molecule has 6 nitrogen and oxygen atoms in total. The third-order valence-corrected chi connectivity index (χ3v) is 1.79. The van der Waals surface area contributed by atoms with Crippen LogP contribution < -0.4 is 0 Å². The molecule has 0 saturated carbocycles. The van der Waals surface area contributed by atoms with Crippen LogP contribution in [-0.4, -0.2) is 51.6 Å². The lowest BCUT2D eigenvalue weighted by Crippen LogP contribution is -2.20. The standard InChI is InChI=1S/C12H20O6/c1-9(7-15-3)17-11(13)5-6-12(14)18-10(2)8-16-4/h5-6,9-10H,7-8H2,1-4H3. The fourth-order valence-electron chi connectivity index (χ4n) is 1.15. The fourth-order valence-corrected chi connectivity index (χ4v) is 1.15. The summed E-state index contributed by atoms with van der Waals surface area (Å²) < 4.78 is 19.4. The van der Waals surface area contributed by atoms with Crippen molar-refractivity contribution >= 4 is 11.9 Å². The van der Waals surface area contributed by atoms with Crippen molar-refractivity contribution in [2.24, 2.45) is 0 Å². The zero-order valence-corrected chi connectivity index (χ0v) is 11.2. The predicted molar refractivity (Wildman–Crippen MR) is 64.0 cm³/mol. The van der Waals surface area contributed by atoms with E-state index in [1.165, 1.54) is 14.2 Å². The third kappa shape index (κ3) is 8.72. The Morgan fingerprint density at radius 1 is 0.889 bits per heavy atom. The van der Waals surface area contributed by atoms with Gasteiger partial charge in [0, 0.05) is 26.4 Å². The summed E-state index contributed by atoms with van der Waals surface area (Å²) in [5.74, 6) is -1.23. The summed E-state index contributed by atoms with van der Waals surface area (Å²) >= 11 is 0. The molecule has 6 heteroatoms. The monoisotopic (exact) mass is 260 g/mol. The van der Waals surface area contributed by atoms with E-state index in [1.807, 2.05) is 0 Å². The minimum atomic E-state index is -0.615. The topological polar surface area (TPSA) is 71.1 Å². The Labute approximate surface area is 107 Å². The lowest BCUT2D eigenvalue weighted by Gasteiger charge is -2.11. The summed E-state index contributed by atoms with van der Waals surface area (Å²) in [6, 6.07) is 0. The Morgan fingerprint density at radius 3 is 1.50 bits per heavy atom. The molecule has 0 amide bonds. The van der Waals surface area contributed by atoms with Crippen LogP contribution >= 0.6 is 0 Å². The summed E-state index contributed by atoms with van der Waals surface area (Å²) in [5, 5.41) is 0. The van der Waals surface area contributed by atoms with Crippen LogP contribution in [0.15, 0.2) is 12.2 Å². The number of carbonyl (C=O) groups is 2. The second-order valence-electron chi connectivity index (χ2n) is 3.74. The zero-order chi connectivity index (χ0) is 14.0. The minimum absolute atomic E-state index is 0.300. The molecule has 104 valence electrons. The van der Waals surface area contributed by atoms with Crippen LogP contribution in [0.4, 0.5) is 0 Å². The Morgan fingerprint density at radius 2 is 1.22 bits per heavy atom. The lowest BCUT2D eigenvalue weighted by molar-refractivity contribution is -0.147. The number of ether oxygens (including phenoxy) is 4. The van der Waals surface area contributed by atoms with Gasteiger partial charge in [0.2, 0.25) is 0 Å². The van der Waals surface area contributed by atoms with Gasteiger partial charge in [0.25, 0.3) is 0 Å². The summed E-state index contributed by atoms with van der Waals surface area (Å²) in [4.78, 5) is 22.5. The molecular weight excluding hydrogens is 240 g/mol. The normalized spacial score (nSPS) is 14.2. The van der Waals surface area contributed by atoms with Gasteiger partial charge in [-0.25, -0.2) is 9.59 Å². The molecule has 0 spiro atoms. The first-order valence-corrected chi connectivity index (χ1v) is 5.56. The van der Waals surface area contributed by atoms with Crippen molar-refractivity contribution in [2.75, 3.05) is 27.4 Å². The highest BCUT2D eigenvalue weighted by molar-refractivity contribution is 5.91. The molecule has 0 heterocycles. The Kier molecular flexibility index (Phi) is 8.86. The van der Waals surface area contributed by atoms with Gasteiger partial charge in [-0.15, -0.1) is 0 Å². The molecule has 2 unspecified atom stereocenters. The quantitative estimate of drug-likeness (QED) is 0.472. The van der Waals surface area contributed by atoms with Gasteiger partial charge < -0.3 is 18.9 Å². The predicted octanol–water partition coefficient (Wildman–Crippen LogP) is 0.699. The molecule has 0 aromatic rings. The second-order valence-corrected chi connectivity index (χ2v) is 3.74. The van der Waals surface area contributed by atoms with Crippen molar-refractivity contribution in [3.05, 3.63) is 12.2 Å². The Hall–Kier alpha value is -1.40. The van der Waals surface area contributed by atoms with E-state index in [0.717, 1.165) is 12.2 Å². The van der Waals surface area contributed by atoms with Crippen molar-refractivity contribution < 1.29 is 28.5 Å². The summed E-state index contributed by atoms with van der Waals surface area (Å²) in [5.41, 5.74) is 0. The van der Waals surface area contributed by atoms with Gasteiger partial charge >= 0.3 is 11.9 Å². The molecule has 2 atom stereocenters. The van der Waals surface area contributed by atoms with Gasteiger partial charge in [-0.3, -0.25) is 0 Å². The summed E-state index contributed by atoms with van der Waals surface area (Å²) in [6.45, 7) is 3.98. The largest absolute Gasteiger partial charge is 0.457 e. The van der Waals surface area contributed by atoms with Crippen LogP contribution in [0, 0.1) is 0 Å². The molecule has 0 aliphatic carbocycles. The highest BCUT2D eigenvalue weighted by atomic mass is 16.6. The van der Waals surface area contributed by atoms with Crippen LogP contribution in [0.25, 0.3) is 0 Å². The molecule has 0 N–H and O–H groups in total. The van der Waals surface area contributed by atoms with Gasteiger partial charge in [-0.1, -0.05) is 0 Å². The second kappa shape index (κ2) is 9.61. The number of rotatable bonds is 8. The molecule has 0 saturated heterocycles. The minimum Gasteiger partial charge on any atom is -0.457 e. The van der Waals surface area contributed by atoms with E-state index in [0.29, 0.717) is 13.2 Å². The summed E-state index contributed by atoms with van der Waals surface area (Å²) in [6.07, 6.45) is 1.31. The van der Waals surface area contributed by atoms with Gasteiger partial charge in [0.1, 0.15) is 12.2 Å². The average molecular weight is 260 g/mol. The van der Waals surface area contributed by atoms with E-state index in [9.17, 15) is 9.59 Å². The van der Waals surface area contributed by atoms with Crippen molar-refractivity contribution in [3.8, 4) is 0 Å². The first kappa shape index (κ1) is 16.6. The lowest BCUT2D eigenvalue weighted by atomic mass is 10.4. The zero-order valence-electron chi connectivity index (χ0n) is 11.2. The van der Waals surface area contributed by atoms with Crippen molar-refractivity contribution in [1.82, 2.24) is 0 Å². The number of esters is 2. The van der Waals surface area contributed by atoms with Crippen LogP contribution in [-0.2, 0) is 28.5 Å². The van der Waals surface area contributed by atoms with Gasteiger partial charge in [0.05, 0.1) is 13.2 Å². The van der Waals surface area contributed by atoms with E-state index < -0.39 is 11.9 Å². The van der Waals surface area contributed by atoms with E-state index in [4.69, 9.17) is 18.9 Å². The van der Waals surface area contributed by atoms with Crippen LogP contribution in [0.2, 0.25) is 0 Å². The molecular formula is C12H20O6. The third-order valence-electron chi connectivity index (χ3n) is 1.79. The van der Waals surface area contributed by atoms with Crippen molar-refractivity contribution in [2.45, 2.75) is 26.1 Å². The SMILES string of the molecule is COCC(C)OC(=O)C=CC(=O)OC(C)COC. The Balaban J connectivity index is 3.98. The van der Waals surface area contributed by atoms with Crippen LogP contribution in [0.5, 0.6) is 0 Å². The highest BCUT2D eigenvalue weighted by Gasteiger charge is 2.09. The fraction of sp³-hybridized carbons (Fsp3) is 0.667. The molecule has 0 aliphatic heterocycles. The average Bonchev–Trinajstić information content (AvgIpc) is 2.27. The number of carbonyl (C=O) groups excluding carboxylic acids is 2. The Bertz CT molecular complexity index is 258. The van der Waals surface area contributed by atoms with Crippen LogP contribution in [0.3, 0.4) is 0 Å². The van der Waals surface area contributed by atoms with Crippen LogP contribution in [0.1, 0.15) is 13.8 Å². The maximum atomic E-state index is 11.2. The van der Waals surface area contributed by atoms with E-state index in [2.05, 4.69) is 0 Å². The van der Waals surface area contributed by atoms with Crippen molar-refractivity contribution in [1.29, 1.82) is 0 Å². The maximum Gasteiger partial charge on any atom is 0.331 e. The molecule has 0 rings (SSSR count). The van der Waals surface area contributed by atoms with Gasteiger partial charge in [-0.05, 0) is 13.8 Å². The smallest absolute Gasteiger partial charge is 0.331 e. The van der Waals surface area contributed by atoms with Crippen molar-refractivity contribution in [3.63, 3.8) is 0 Å². The maximum absolute atomic E-state index is 11.2. The molecule has 0 aliphatic rings. The van der Waals surface area contributed by atoms with Gasteiger partial charge in [-0.2, -0.15) is 0 Å². The molecule has 0 fully saturated rings. The molecule has 18 heavy (non-hydrogen) atoms. The first-order valence-electron chi connectivity index (χ1n) is 5.56. The number of hydrogen-bond donors (Lipinski definition) is 0. The molecule has 0 aromatic heterocycles. The molecule has 0 aromatic carbocycles. The molecule has 0 radical (unpaired) electrons. The summed E-state index contributed by atoms with van der Waals surface area (Å²) in [7, 11) is 3.02. The van der Waals surface area contributed by atoms with E-state index in [1.54, 1.807) is 13.8 Å². The highest BCUT2D eigenvalue weighted by Crippen LogP contribution is 1.96. The molecule has 0 bridgehead atoms. The number of hydrogen-bond acceptors (Lipinski definition) is 6. The van der Waals surface area contributed by atoms with E-state index >= 15 is 0 Å². The van der Waals surface area contributed by atoms with E-state index in [-0.39, 0.29) is 12.2 Å². The number of methoxy groups -OCH3 is 2.